The lowest BCUT2D eigenvalue weighted by molar-refractivity contribution is -0.131. The predicted octanol–water partition coefficient (Wildman–Crippen LogP) is 3.05. The summed E-state index contributed by atoms with van der Waals surface area (Å²) in [5.41, 5.74) is 1.28. The summed E-state index contributed by atoms with van der Waals surface area (Å²) >= 11 is 0. The largest absolute Gasteiger partial charge is 0.342 e. The van der Waals surface area contributed by atoms with Crippen LogP contribution in [0.15, 0.2) is 30.3 Å². The van der Waals surface area contributed by atoms with Gasteiger partial charge in [-0.1, -0.05) is 44.2 Å². The van der Waals surface area contributed by atoms with Gasteiger partial charge in [0.2, 0.25) is 5.91 Å². The van der Waals surface area contributed by atoms with Crippen LogP contribution >= 0.6 is 0 Å². The molecule has 1 rings (SSSR count). The highest BCUT2D eigenvalue weighted by molar-refractivity contribution is 5.75. The van der Waals surface area contributed by atoms with Gasteiger partial charge in [-0.25, -0.2) is 0 Å². The standard InChI is InChI=1S/C14H21NO/c1-5-14(16)15(4)12(3)11(2)13-9-7-6-8-10-13/h6-12H,5H2,1-4H3/t11-,12+/m0/s1. The van der Waals surface area contributed by atoms with Gasteiger partial charge >= 0.3 is 0 Å². The lowest BCUT2D eigenvalue weighted by atomic mass is 9.93. The molecule has 1 aromatic carbocycles. The van der Waals surface area contributed by atoms with Gasteiger partial charge in [-0.3, -0.25) is 4.79 Å². The quantitative estimate of drug-likeness (QED) is 0.762. The van der Waals surface area contributed by atoms with E-state index in [4.69, 9.17) is 0 Å². The molecule has 0 spiro atoms. The molecule has 16 heavy (non-hydrogen) atoms. The second-order valence-corrected chi connectivity index (χ2v) is 4.30. The van der Waals surface area contributed by atoms with Crippen molar-refractivity contribution in [3.8, 4) is 0 Å². The summed E-state index contributed by atoms with van der Waals surface area (Å²) < 4.78 is 0. The second kappa shape index (κ2) is 5.69. The molecule has 2 atom stereocenters. The average Bonchev–Trinajstić information content (AvgIpc) is 2.36. The van der Waals surface area contributed by atoms with Crippen LogP contribution in [0.25, 0.3) is 0 Å². The Morgan fingerprint density at radius 1 is 1.25 bits per heavy atom. The molecule has 0 bridgehead atoms. The van der Waals surface area contributed by atoms with Crippen LogP contribution < -0.4 is 0 Å². The summed E-state index contributed by atoms with van der Waals surface area (Å²) in [7, 11) is 1.88. The van der Waals surface area contributed by atoms with Crippen LogP contribution in [0.3, 0.4) is 0 Å². The molecule has 1 aromatic rings. The second-order valence-electron chi connectivity index (χ2n) is 4.30. The molecule has 0 heterocycles. The molecule has 0 saturated heterocycles. The van der Waals surface area contributed by atoms with E-state index in [1.54, 1.807) is 0 Å². The highest BCUT2D eigenvalue weighted by Gasteiger charge is 2.21. The van der Waals surface area contributed by atoms with Gasteiger partial charge in [0.15, 0.2) is 0 Å². The fourth-order valence-electron chi connectivity index (χ4n) is 1.85. The molecular weight excluding hydrogens is 198 g/mol. The molecule has 1 amide bonds. The number of carbonyl (C=O) groups excluding carboxylic acids is 1. The molecule has 0 N–H and O–H groups in total. The zero-order chi connectivity index (χ0) is 12.1. The van der Waals surface area contributed by atoms with E-state index < -0.39 is 0 Å². The van der Waals surface area contributed by atoms with Gasteiger partial charge in [0, 0.05) is 25.4 Å². The van der Waals surface area contributed by atoms with Crippen molar-refractivity contribution in [2.24, 2.45) is 0 Å². The first kappa shape index (κ1) is 12.8. The van der Waals surface area contributed by atoms with Gasteiger partial charge in [-0.2, -0.15) is 0 Å². The van der Waals surface area contributed by atoms with Gasteiger partial charge in [0.05, 0.1) is 0 Å². The van der Waals surface area contributed by atoms with Crippen LogP contribution in [-0.2, 0) is 4.79 Å². The van der Waals surface area contributed by atoms with E-state index in [0.717, 1.165) is 0 Å². The average molecular weight is 219 g/mol. The molecule has 0 aliphatic rings. The zero-order valence-corrected chi connectivity index (χ0v) is 10.6. The fraction of sp³-hybridized carbons (Fsp3) is 0.500. The van der Waals surface area contributed by atoms with Gasteiger partial charge in [0.25, 0.3) is 0 Å². The summed E-state index contributed by atoms with van der Waals surface area (Å²) in [6.45, 7) is 6.17. The molecule has 88 valence electrons. The Morgan fingerprint density at radius 2 is 1.81 bits per heavy atom. The molecule has 0 radical (unpaired) electrons. The fourth-order valence-corrected chi connectivity index (χ4v) is 1.85. The van der Waals surface area contributed by atoms with Crippen LogP contribution in [0.5, 0.6) is 0 Å². The molecule has 2 nitrogen and oxygen atoms in total. The number of hydrogen-bond donors (Lipinski definition) is 0. The van der Waals surface area contributed by atoms with Crippen molar-refractivity contribution < 1.29 is 4.79 Å². The zero-order valence-electron chi connectivity index (χ0n) is 10.6. The van der Waals surface area contributed by atoms with Gasteiger partial charge < -0.3 is 4.90 Å². The Bertz CT molecular complexity index is 334. The first-order valence-electron chi connectivity index (χ1n) is 5.88. The van der Waals surface area contributed by atoms with Crippen LogP contribution in [0.4, 0.5) is 0 Å². The number of hydrogen-bond acceptors (Lipinski definition) is 1. The van der Waals surface area contributed by atoms with Gasteiger partial charge in [0.1, 0.15) is 0 Å². The summed E-state index contributed by atoms with van der Waals surface area (Å²) in [4.78, 5) is 13.5. The molecule has 0 aromatic heterocycles. The molecule has 2 heteroatoms. The van der Waals surface area contributed by atoms with E-state index >= 15 is 0 Å². The molecular formula is C14H21NO. The lowest BCUT2D eigenvalue weighted by Gasteiger charge is -2.30. The number of benzene rings is 1. The number of amides is 1. The first-order valence-corrected chi connectivity index (χ1v) is 5.88. The van der Waals surface area contributed by atoms with Crippen molar-refractivity contribution in [1.82, 2.24) is 4.90 Å². The molecule has 0 fully saturated rings. The van der Waals surface area contributed by atoms with E-state index in [1.165, 1.54) is 5.56 Å². The Balaban J connectivity index is 2.74. The summed E-state index contributed by atoms with van der Waals surface area (Å²) in [5.74, 6) is 0.567. The first-order chi connectivity index (χ1) is 7.57. The summed E-state index contributed by atoms with van der Waals surface area (Å²) in [5, 5.41) is 0. The van der Waals surface area contributed by atoms with Crippen molar-refractivity contribution in [1.29, 1.82) is 0 Å². The maximum Gasteiger partial charge on any atom is 0.222 e. The minimum atomic E-state index is 0.204. The predicted molar refractivity (Wildman–Crippen MR) is 67.4 cm³/mol. The maximum atomic E-state index is 11.6. The van der Waals surface area contributed by atoms with E-state index in [1.807, 2.05) is 37.1 Å². The number of nitrogens with zero attached hydrogens (tertiary/aromatic N) is 1. The minimum Gasteiger partial charge on any atom is -0.342 e. The molecule has 0 saturated carbocycles. The van der Waals surface area contributed by atoms with Crippen molar-refractivity contribution in [2.45, 2.75) is 39.2 Å². The Kier molecular flexibility index (Phi) is 4.53. The van der Waals surface area contributed by atoms with Gasteiger partial charge in [-0.15, -0.1) is 0 Å². The van der Waals surface area contributed by atoms with Crippen LogP contribution in [0, 0.1) is 0 Å². The number of rotatable bonds is 4. The number of likely N-dealkylation sites (N-methyl/N-ethyl adjacent to an activating group) is 1. The summed E-state index contributed by atoms with van der Waals surface area (Å²) in [6, 6.07) is 10.6. The number of carbonyl (C=O) groups is 1. The van der Waals surface area contributed by atoms with Crippen LogP contribution in [0.2, 0.25) is 0 Å². The summed E-state index contributed by atoms with van der Waals surface area (Å²) in [6.07, 6.45) is 0.572. The highest BCUT2D eigenvalue weighted by Crippen LogP contribution is 2.22. The maximum absolute atomic E-state index is 11.6. The van der Waals surface area contributed by atoms with Gasteiger partial charge in [-0.05, 0) is 12.5 Å². The smallest absolute Gasteiger partial charge is 0.222 e. The molecule has 0 unspecified atom stereocenters. The Morgan fingerprint density at radius 3 is 2.31 bits per heavy atom. The van der Waals surface area contributed by atoms with Crippen molar-refractivity contribution in [2.75, 3.05) is 7.05 Å². The van der Waals surface area contributed by atoms with Crippen molar-refractivity contribution >= 4 is 5.91 Å². The normalized spacial score (nSPS) is 14.2. The van der Waals surface area contributed by atoms with Crippen LogP contribution in [-0.4, -0.2) is 23.9 Å². The minimum absolute atomic E-state index is 0.204. The highest BCUT2D eigenvalue weighted by atomic mass is 16.2. The molecule has 0 aliphatic heterocycles. The lowest BCUT2D eigenvalue weighted by Crippen LogP contribution is -2.37. The monoisotopic (exact) mass is 219 g/mol. The van der Waals surface area contributed by atoms with Crippen LogP contribution in [0.1, 0.15) is 38.7 Å². The Labute approximate surface area is 98.3 Å². The van der Waals surface area contributed by atoms with Crippen molar-refractivity contribution in [3.05, 3.63) is 35.9 Å². The Hall–Kier alpha value is -1.31. The molecule has 0 aliphatic carbocycles. The van der Waals surface area contributed by atoms with E-state index in [2.05, 4.69) is 26.0 Å². The van der Waals surface area contributed by atoms with E-state index in [9.17, 15) is 4.79 Å². The third-order valence-corrected chi connectivity index (χ3v) is 3.36. The topological polar surface area (TPSA) is 20.3 Å². The van der Waals surface area contributed by atoms with Crippen molar-refractivity contribution in [3.63, 3.8) is 0 Å². The van der Waals surface area contributed by atoms with E-state index in [-0.39, 0.29) is 11.9 Å². The van der Waals surface area contributed by atoms with E-state index in [0.29, 0.717) is 12.3 Å². The SMILES string of the molecule is CCC(=O)N(C)[C@H](C)[C@H](C)c1ccccc1. The third kappa shape index (κ3) is 2.84. The third-order valence-electron chi connectivity index (χ3n) is 3.36.